The molecule has 0 saturated carbocycles. The summed E-state index contributed by atoms with van der Waals surface area (Å²) in [5.74, 6) is 0. The SMILES string of the molecule is c1ccc2c(NCCn3ccnc3)cnnc2c1. The Morgan fingerprint density at radius 2 is 2.17 bits per heavy atom. The molecule has 1 N–H and O–H groups in total. The molecule has 3 rings (SSSR count). The molecule has 0 aliphatic carbocycles. The molecule has 0 aliphatic heterocycles. The van der Waals surface area contributed by atoms with Crippen LogP contribution in [0, 0.1) is 0 Å². The molecule has 5 heteroatoms. The number of rotatable bonds is 4. The third kappa shape index (κ3) is 2.15. The highest BCUT2D eigenvalue weighted by Gasteiger charge is 2.01. The van der Waals surface area contributed by atoms with Crippen LogP contribution >= 0.6 is 0 Å². The van der Waals surface area contributed by atoms with E-state index in [4.69, 9.17) is 0 Å². The Morgan fingerprint density at radius 3 is 3.06 bits per heavy atom. The topological polar surface area (TPSA) is 55.6 Å². The number of anilines is 1. The zero-order valence-corrected chi connectivity index (χ0v) is 9.82. The maximum absolute atomic E-state index is 4.09. The number of aromatic nitrogens is 4. The van der Waals surface area contributed by atoms with Crippen LogP contribution in [-0.2, 0) is 6.54 Å². The lowest BCUT2D eigenvalue weighted by Crippen LogP contribution is -2.09. The van der Waals surface area contributed by atoms with Gasteiger partial charge in [0.05, 0.1) is 23.7 Å². The summed E-state index contributed by atoms with van der Waals surface area (Å²) >= 11 is 0. The van der Waals surface area contributed by atoms with Gasteiger partial charge in [-0.05, 0) is 6.07 Å². The van der Waals surface area contributed by atoms with Crippen molar-refractivity contribution in [3.05, 3.63) is 49.2 Å². The van der Waals surface area contributed by atoms with Crippen LogP contribution in [0.4, 0.5) is 5.69 Å². The third-order valence-corrected chi connectivity index (χ3v) is 2.79. The molecular formula is C13H13N5. The van der Waals surface area contributed by atoms with Crippen molar-refractivity contribution in [2.24, 2.45) is 0 Å². The van der Waals surface area contributed by atoms with Gasteiger partial charge >= 0.3 is 0 Å². The van der Waals surface area contributed by atoms with E-state index in [9.17, 15) is 0 Å². The summed E-state index contributed by atoms with van der Waals surface area (Å²) in [5, 5.41) is 12.6. The van der Waals surface area contributed by atoms with Crippen molar-refractivity contribution >= 4 is 16.6 Å². The Balaban J connectivity index is 1.74. The van der Waals surface area contributed by atoms with Gasteiger partial charge in [-0.2, -0.15) is 10.2 Å². The lowest BCUT2D eigenvalue weighted by molar-refractivity contribution is 0.727. The third-order valence-electron chi connectivity index (χ3n) is 2.79. The average molecular weight is 239 g/mol. The second kappa shape index (κ2) is 4.83. The van der Waals surface area contributed by atoms with E-state index in [1.165, 1.54) is 0 Å². The number of fused-ring (bicyclic) bond motifs is 1. The first-order valence-corrected chi connectivity index (χ1v) is 5.83. The molecule has 1 aromatic carbocycles. The van der Waals surface area contributed by atoms with Gasteiger partial charge < -0.3 is 9.88 Å². The van der Waals surface area contributed by atoms with Crippen LogP contribution in [0.2, 0.25) is 0 Å². The summed E-state index contributed by atoms with van der Waals surface area (Å²) in [6, 6.07) is 7.98. The van der Waals surface area contributed by atoms with Gasteiger partial charge in [0, 0.05) is 30.9 Å². The minimum Gasteiger partial charge on any atom is -0.381 e. The van der Waals surface area contributed by atoms with Crippen molar-refractivity contribution in [3.8, 4) is 0 Å². The van der Waals surface area contributed by atoms with Crippen molar-refractivity contribution < 1.29 is 0 Å². The second-order valence-corrected chi connectivity index (χ2v) is 4.00. The van der Waals surface area contributed by atoms with Crippen molar-refractivity contribution in [1.29, 1.82) is 0 Å². The first-order valence-electron chi connectivity index (χ1n) is 5.83. The molecule has 0 radical (unpaired) electrons. The van der Waals surface area contributed by atoms with Gasteiger partial charge in [-0.1, -0.05) is 18.2 Å². The van der Waals surface area contributed by atoms with Crippen LogP contribution in [0.25, 0.3) is 10.9 Å². The summed E-state index contributed by atoms with van der Waals surface area (Å²) in [6.07, 6.45) is 7.30. The summed E-state index contributed by atoms with van der Waals surface area (Å²) in [6.45, 7) is 1.70. The summed E-state index contributed by atoms with van der Waals surface area (Å²) in [5.41, 5.74) is 1.92. The molecule has 0 spiro atoms. The second-order valence-electron chi connectivity index (χ2n) is 4.00. The van der Waals surface area contributed by atoms with E-state index in [2.05, 4.69) is 20.5 Å². The molecule has 0 unspecified atom stereocenters. The quantitative estimate of drug-likeness (QED) is 0.756. The van der Waals surface area contributed by atoms with Gasteiger partial charge in [0.15, 0.2) is 0 Å². The lowest BCUT2D eigenvalue weighted by atomic mass is 10.2. The largest absolute Gasteiger partial charge is 0.381 e. The molecule has 5 nitrogen and oxygen atoms in total. The van der Waals surface area contributed by atoms with Crippen LogP contribution in [0.15, 0.2) is 49.2 Å². The fraction of sp³-hybridized carbons (Fsp3) is 0.154. The Kier molecular flexibility index (Phi) is 2.87. The van der Waals surface area contributed by atoms with Crippen molar-refractivity contribution in [2.45, 2.75) is 6.54 Å². The van der Waals surface area contributed by atoms with Gasteiger partial charge in [-0.15, -0.1) is 0 Å². The highest BCUT2D eigenvalue weighted by atomic mass is 15.1. The molecule has 0 amide bonds. The van der Waals surface area contributed by atoms with Crippen LogP contribution < -0.4 is 5.32 Å². The number of nitrogens with zero attached hydrogens (tertiary/aromatic N) is 4. The zero-order chi connectivity index (χ0) is 12.2. The predicted molar refractivity (Wildman–Crippen MR) is 70.3 cm³/mol. The van der Waals surface area contributed by atoms with Gasteiger partial charge in [-0.25, -0.2) is 4.98 Å². The molecule has 0 fully saturated rings. The van der Waals surface area contributed by atoms with Crippen molar-refractivity contribution in [1.82, 2.24) is 19.7 Å². The summed E-state index contributed by atoms with van der Waals surface area (Å²) in [4.78, 5) is 4.01. The van der Waals surface area contributed by atoms with Crippen molar-refractivity contribution in [3.63, 3.8) is 0 Å². The van der Waals surface area contributed by atoms with Crippen molar-refractivity contribution in [2.75, 3.05) is 11.9 Å². The van der Waals surface area contributed by atoms with Gasteiger partial charge in [-0.3, -0.25) is 0 Å². The maximum Gasteiger partial charge on any atom is 0.0950 e. The molecule has 18 heavy (non-hydrogen) atoms. The Morgan fingerprint density at radius 1 is 1.22 bits per heavy atom. The molecular weight excluding hydrogens is 226 g/mol. The average Bonchev–Trinajstić information content (AvgIpc) is 2.92. The maximum atomic E-state index is 4.09. The predicted octanol–water partition coefficient (Wildman–Crippen LogP) is 1.94. The molecule has 90 valence electrons. The number of benzene rings is 1. The molecule has 0 saturated heterocycles. The minimum atomic E-state index is 0.825. The fourth-order valence-corrected chi connectivity index (χ4v) is 1.89. The standard InChI is InChI=1S/C13H13N5/c1-2-4-12-11(3-1)13(9-16-17-12)15-6-8-18-7-5-14-10-18/h1-5,7,9-10H,6,8H2,(H,15,17). The van der Waals surface area contributed by atoms with Gasteiger partial charge in [0.2, 0.25) is 0 Å². The van der Waals surface area contributed by atoms with Crippen LogP contribution in [-0.4, -0.2) is 26.3 Å². The Bertz CT molecular complexity index is 627. The number of hydrogen-bond acceptors (Lipinski definition) is 4. The highest BCUT2D eigenvalue weighted by Crippen LogP contribution is 2.19. The highest BCUT2D eigenvalue weighted by molar-refractivity contribution is 5.90. The Labute approximate surface area is 104 Å². The van der Waals surface area contributed by atoms with E-state index in [-0.39, 0.29) is 0 Å². The first-order chi connectivity index (χ1) is 8.93. The molecule has 2 heterocycles. The fourth-order valence-electron chi connectivity index (χ4n) is 1.89. The van der Waals surface area contributed by atoms with E-state index in [0.29, 0.717) is 0 Å². The lowest BCUT2D eigenvalue weighted by Gasteiger charge is -2.08. The van der Waals surface area contributed by atoms with E-state index in [1.54, 1.807) is 12.4 Å². The van der Waals surface area contributed by atoms with E-state index < -0.39 is 0 Å². The molecule has 0 atom stereocenters. The van der Waals surface area contributed by atoms with Crippen LogP contribution in [0.3, 0.4) is 0 Å². The molecule has 0 aliphatic rings. The zero-order valence-electron chi connectivity index (χ0n) is 9.82. The van der Waals surface area contributed by atoms with E-state index in [0.717, 1.165) is 29.7 Å². The van der Waals surface area contributed by atoms with Crippen LogP contribution in [0.5, 0.6) is 0 Å². The Hall–Kier alpha value is -2.43. The molecule has 2 aromatic heterocycles. The molecule has 3 aromatic rings. The summed E-state index contributed by atoms with van der Waals surface area (Å²) in [7, 11) is 0. The number of nitrogens with one attached hydrogen (secondary N) is 1. The van der Waals surface area contributed by atoms with E-state index in [1.807, 2.05) is 41.4 Å². The number of hydrogen-bond donors (Lipinski definition) is 1. The van der Waals surface area contributed by atoms with Crippen LogP contribution in [0.1, 0.15) is 0 Å². The first kappa shape index (κ1) is 10.7. The van der Waals surface area contributed by atoms with Gasteiger partial charge in [0.1, 0.15) is 0 Å². The van der Waals surface area contributed by atoms with E-state index >= 15 is 0 Å². The molecule has 0 bridgehead atoms. The minimum absolute atomic E-state index is 0.825. The normalized spacial score (nSPS) is 10.7. The van der Waals surface area contributed by atoms with Gasteiger partial charge in [0.25, 0.3) is 0 Å². The summed E-state index contributed by atoms with van der Waals surface area (Å²) < 4.78 is 2.03. The monoisotopic (exact) mass is 239 g/mol. The number of imidazole rings is 1. The smallest absolute Gasteiger partial charge is 0.0950 e.